The number of halogens is 1. The van der Waals surface area contributed by atoms with Gasteiger partial charge in [-0.2, -0.15) is 9.40 Å². The highest BCUT2D eigenvalue weighted by Gasteiger charge is 2.35. The van der Waals surface area contributed by atoms with Crippen LogP contribution >= 0.6 is 0 Å². The highest BCUT2D eigenvalue weighted by Crippen LogP contribution is 2.29. The van der Waals surface area contributed by atoms with Gasteiger partial charge in [-0.15, -0.1) is 0 Å². The number of H-pyrrole nitrogens is 1. The van der Waals surface area contributed by atoms with E-state index in [4.69, 9.17) is 5.11 Å². The molecule has 0 atom stereocenters. The van der Waals surface area contributed by atoms with Crippen molar-refractivity contribution in [3.8, 4) is 0 Å². The van der Waals surface area contributed by atoms with Gasteiger partial charge in [0.05, 0.1) is 17.1 Å². The van der Waals surface area contributed by atoms with Gasteiger partial charge in [0, 0.05) is 12.1 Å². The third kappa shape index (κ3) is 2.20. The lowest BCUT2D eigenvalue weighted by Crippen LogP contribution is -2.26. The number of hydrogen-bond donors (Lipinski definition) is 2. The van der Waals surface area contributed by atoms with Gasteiger partial charge < -0.3 is 5.11 Å². The van der Waals surface area contributed by atoms with Gasteiger partial charge in [0.15, 0.2) is 5.69 Å². The zero-order valence-electron chi connectivity index (χ0n) is 10.6. The van der Waals surface area contributed by atoms with Crippen LogP contribution in [0.25, 0.3) is 0 Å². The Morgan fingerprint density at radius 2 is 1.95 bits per heavy atom. The predicted octanol–water partition coefficient (Wildman–Crippen LogP) is 0.952. The Hall–Kier alpha value is -2.26. The second-order valence-electron chi connectivity index (χ2n) is 4.56. The molecule has 0 unspecified atom stereocenters. The molecule has 2 aromatic rings. The number of sulfonamides is 1. The Bertz CT molecular complexity index is 814. The molecule has 1 aliphatic rings. The van der Waals surface area contributed by atoms with Crippen LogP contribution in [0.2, 0.25) is 0 Å². The number of aromatic carboxylic acids is 1. The van der Waals surface area contributed by atoms with Crippen molar-refractivity contribution in [3.05, 3.63) is 47.0 Å². The summed E-state index contributed by atoms with van der Waals surface area (Å²) < 4.78 is 38.8. The van der Waals surface area contributed by atoms with Crippen LogP contribution in [-0.4, -0.2) is 34.0 Å². The summed E-state index contributed by atoms with van der Waals surface area (Å²) in [4.78, 5) is 11.0. The van der Waals surface area contributed by atoms with Gasteiger partial charge in [-0.25, -0.2) is 17.6 Å². The first-order valence-electron chi connectivity index (χ1n) is 5.94. The number of rotatable bonds is 3. The Labute approximate surface area is 119 Å². The Balaban J connectivity index is 1.93. The van der Waals surface area contributed by atoms with Gasteiger partial charge in [0.2, 0.25) is 10.0 Å². The molecule has 0 fully saturated rings. The number of carboxylic acids is 1. The van der Waals surface area contributed by atoms with Crippen LogP contribution in [0.3, 0.4) is 0 Å². The minimum atomic E-state index is -3.81. The zero-order valence-corrected chi connectivity index (χ0v) is 11.4. The summed E-state index contributed by atoms with van der Waals surface area (Å²) in [5.74, 6) is -1.74. The van der Waals surface area contributed by atoms with Crippen molar-refractivity contribution in [1.82, 2.24) is 14.5 Å². The largest absolute Gasteiger partial charge is 0.476 e. The number of carbonyl (C=O) groups is 1. The van der Waals surface area contributed by atoms with Crippen molar-refractivity contribution in [2.24, 2.45) is 0 Å². The minimum absolute atomic E-state index is 0.00925. The number of nitrogens with one attached hydrogen (secondary N) is 1. The lowest BCUT2D eigenvalue weighted by Gasteiger charge is -2.15. The molecule has 0 saturated carbocycles. The number of fused-ring (bicyclic) bond motifs is 1. The number of aromatic nitrogens is 2. The molecular formula is C12H10FN3O4S. The molecule has 1 aromatic heterocycles. The minimum Gasteiger partial charge on any atom is -0.476 e. The van der Waals surface area contributed by atoms with E-state index in [1.165, 1.54) is 12.1 Å². The molecule has 110 valence electrons. The maximum Gasteiger partial charge on any atom is 0.356 e. The van der Waals surface area contributed by atoms with Gasteiger partial charge in [-0.3, -0.25) is 5.10 Å². The number of hydrogen-bond acceptors (Lipinski definition) is 4. The summed E-state index contributed by atoms with van der Waals surface area (Å²) in [6.07, 6.45) is 0. The van der Waals surface area contributed by atoms with Crippen molar-refractivity contribution >= 4 is 16.0 Å². The number of aromatic amines is 1. The molecule has 1 aliphatic heterocycles. The topological polar surface area (TPSA) is 103 Å². The summed E-state index contributed by atoms with van der Waals surface area (Å²) in [5, 5.41) is 15.2. The molecule has 0 saturated heterocycles. The lowest BCUT2D eigenvalue weighted by molar-refractivity contribution is 0.0688. The fraction of sp³-hybridized carbons (Fsp3) is 0.167. The van der Waals surface area contributed by atoms with Crippen molar-refractivity contribution in [3.63, 3.8) is 0 Å². The third-order valence-electron chi connectivity index (χ3n) is 3.28. The van der Waals surface area contributed by atoms with Gasteiger partial charge >= 0.3 is 5.97 Å². The highest BCUT2D eigenvalue weighted by molar-refractivity contribution is 7.89. The first-order valence-corrected chi connectivity index (χ1v) is 7.38. The van der Waals surface area contributed by atoms with E-state index in [1.54, 1.807) is 0 Å². The van der Waals surface area contributed by atoms with E-state index in [1.807, 2.05) is 0 Å². The first-order chi connectivity index (χ1) is 9.89. The molecular weight excluding hydrogens is 301 g/mol. The molecule has 21 heavy (non-hydrogen) atoms. The van der Waals surface area contributed by atoms with Crippen molar-refractivity contribution in [2.45, 2.75) is 18.0 Å². The van der Waals surface area contributed by atoms with Gasteiger partial charge in [0.1, 0.15) is 5.82 Å². The standard InChI is InChI=1S/C12H10FN3O4S/c13-7-1-3-8(4-2-7)21(19,20)16-5-9-10(6-16)14-15-11(9)12(17)18/h1-4H,5-6H2,(H,14,15)(H,17,18). The predicted molar refractivity (Wildman–Crippen MR) is 68.4 cm³/mol. The molecule has 0 aliphatic carbocycles. The number of carboxylic acid groups (broad SMARTS) is 1. The van der Waals surface area contributed by atoms with E-state index in [9.17, 15) is 17.6 Å². The molecule has 0 bridgehead atoms. The molecule has 7 nitrogen and oxygen atoms in total. The molecule has 0 amide bonds. The highest BCUT2D eigenvalue weighted by atomic mass is 32.2. The van der Waals surface area contributed by atoms with Crippen molar-refractivity contribution < 1.29 is 22.7 Å². The van der Waals surface area contributed by atoms with E-state index >= 15 is 0 Å². The van der Waals surface area contributed by atoms with Gasteiger partial charge in [0.25, 0.3) is 0 Å². The average molecular weight is 311 g/mol. The number of nitrogens with zero attached hydrogens (tertiary/aromatic N) is 2. The van der Waals surface area contributed by atoms with Crippen LogP contribution in [0.15, 0.2) is 29.2 Å². The van der Waals surface area contributed by atoms with Crippen LogP contribution in [0.4, 0.5) is 4.39 Å². The fourth-order valence-electron chi connectivity index (χ4n) is 2.21. The summed E-state index contributed by atoms with van der Waals surface area (Å²) >= 11 is 0. The summed E-state index contributed by atoms with van der Waals surface area (Å²) in [5.41, 5.74) is 0.632. The molecule has 2 N–H and O–H groups in total. The smallest absolute Gasteiger partial charge is 0.356 e. The Morgan fingerprint density at radius 1 is 1.29 bits per heavy atom. The maximum absolute atomic E-state index is 12.9. The van der Waals surface area contributed by atoms with Gasteiger partial charge in [-0.05, 0) is 24.3 Å². The average Bonchev–Trinajstić information content (AvgIpc) is 2.98. The number of benzene rings is 1. The fourth-order valence-corrected chi connectivity index (χ4v) is 3.59. The molecule has 1 aromatic carbocycles. The van der Waals surface area contributed by atoms with Crippen LogP contribution in [0, 0.1) is 5.82 Å². The van der Waals surface area contributed by atoms with Crippen molar-refractivity contribution in [1.29, 1.82) is 0 Å². The molecule has 2 heterocycles. The molecule has 3 rings (SSSR count). The first kappa shape index (κ1) is 13.7. The van der Waals surface area contributed by atoms with Crippen LogP contribution in [0.5, 0.6) is 0 Å². The van der Waals surface area contributed by atoms with E-state index < -0.39 is 21.8 Å². The quantitative estimate of drug-likeness (QED) is 0.878. The SMILES string of the molecule is O=C(O)c1n[nH]c2c1CN(S(=O)(=O)c1ccc(F)cc1)C2. The van der Waals surface area contributed by atoms with E-state index in [2.05, 4.69) is 10.2 Å². The molecule has 0 spiro atoms. The monoisotopic (exact) mass is 311 g/mol. The molecule has 9 heteroatoms. The van der Waals surface area contributed by atoms with Crippen LogP contribution in [0.1, 0.15) is 21.7 Å². The van der Waals surface area contributed by atoms with E-state index in [0.29, 0.717) is 11.3 Å². The van der Waals surface area contributed by atoms with Crippen molar-refractivity contribution in [2.75, 3.05) is 0 Å². The summed E-state index contributed by atoms with van der Waals surface area (Å²) in [6.45, 7) is -0.0670. The van der Waals surface area contributed by atoms with E-state index in [0.717, 1.165) is 16.4 Å². The summed E-state index contributed by atoms with van der Waals surface area (Å²) in [6, 6.07) is 4.47. The van der Waals surface area contributed by atoms with Crippen LogP contribution < -0.4 is 0 Å². The van der Waals surface area contributed by atoms with Gasteiger partial charge in [-0.1, -0.05) is 0 Å². The van der Waals surface area contributed by atoms with Crippen LogP contribution in [-0.2, 0) is 23.1 Å². The third-order valence-corrected chi connectivity index (χ3v) is 5.08. The maximum atomic E-state index is 12.9. The Kier molecular flexibility index (Phi) is 3.03. The molecule has 0 radical (unpaired) electrons. The normalized spacial score (nSPS) is 15.1. The lowest BCUT2D eigenvalue weighted by atomic mass is 10.2. The summed E-state index contributed by atoms with van der Waals surface area (Å²) in [7, 11) is -3.81. The second kappa shape index (κ2) is 4.64. The second-order valence-corrected chi connectivity index (χ2v) is 6.50. The Morgan fingerprint density at radius 3 is 2.57 bits per heavy atom. The zero-order chi connectivity index (χ0) is 15.2. The van der Waals surface area contributed by atoms with E-state index in [-0.39, 0.29) is 23.7 Å².